The second kappa shape index (κ2) is 8.76. The van der Waals surface area contributed by atoms with Gasteiger partial charge in [-0.3, -0.25) is 9.59 Å². The molecule has 1 saturated heterocycles. The first-order chi connectivity index (χ1) is 15.0. The highest BCUT2D eigenvalue weighted by Crippen LogP contribution is 2.41. The van der Waals surface area contributed by atoms with Crippen molar-refractivity contribution in [3.8, 4) is 0 Å². The van der Waals surface area contributed by atoms with Crippen LogP contribution in [0.1, 0.15) is 48.9 Å². The maximum Gasteiger partial charge on any atom is 0.295 e. The normalized spacial score (nSPS) is 18.1. The summed E-state index contributed by atoms with van der Waals surface area (Å²) < 4.78 is 0. The SMILES string of the molecule is CCCCCN1C(=O)C(=O)/C(=C(/O)c2cccc3ccccc23)C1c1ccccc1C. The maximum absolute atomic E-state index is 13.2. The Morgan fingerprint density at radius 1 is 0.935 bits per heavy atom. The number of aliphatic hydroxyl groups is 1. The summed E-state index contributed by atoms with van der Waals surface area (Å²) in [6, 6.07) is 20.5. The summed E-state index contributed by atoms with van der Waals surface area (Å²) in [5.41, 5.74) is 2.61. The van der Waals surface area contributed by atoms with Crippen LogP contribution in [0.5, 0.6) is 0 Å². The van der Waals surface area contributed by atoms with Crippen molar-refractivity contribution in [2.24, 2.45) is 0 Å². The molecule has 4 rings (SSSR count). The number of hydrogen-bond donors (Lipinski definition) is 1. The molecule has 0 saturated carbocycles. The third kappa shape index (κ3) is 3.74. The van der Waals surface area contributed by atoms with Crippen LogP contribution in [0.25, 0.3) is 16.5 Å². The van der Waals surface area contributed by atoms with Crippen molar-refractivity contribution in [1.82, 2.24) is 4.90 Å². The van der Waals surface area contributed by atoms with Gasteiger partial charge >= 0.3 is 0 Å². The highest BCUT2D eigenvalue weighted by atomic mass is 16.3. The molecular weight excluding hydrogens is 386 g/mol. The number of nitrogens with zero attached hydrogens (tertiary/aromatic N) is 1. The van der Waals surface area contributed by atoms with Gasteiger partial charge in [0, 0.05) is 12.1 Å². The fourth-order valence-electron chi connectivity index (χ4n) is 4.44. The van der Waals surface area contributed by atoms with Gasteiger partial charge in [-0.25, -0.2) is 0 Å². The fourth-order valence-corrected chi connectivity index (χ4v) is 4.44. The van der Waals surface area contributed by atoms with Crippen LogP contribution in [0.4, 0.5) is 0 Å². The second-order valence-corrected chi connectivity index (χ2v) is 8.08. The lowest BCUT2D eigenvalue weighted by molar-refractivity contribution is -0.139. The lowest BCUT2D eigenvalue weighted by Gasteiger charge is -2.26. The molecule has 3 aromatic carbocycles. The van der Waals surface area contributed by atoms with E-state index in [9.17, 15) is 14.7 Å². The zero-order valence-corrected chi connectivity index (χ0v) is 18.0. The van der Waals surface area contributed by atoms with E-state index in [1.807, 2.05) is 67.6 Å². The third-order valence-corrected chi connectivity index (χ3v) is 6.07. The van der Waals surface area contributed by atoms with Crippen LogP contribution < -0.4 is 0 Å². The van der Waals surface area contributed by atoms with Crippen molar-refractivity contribution in [3.63, 3.8) is 0 Å². The molecule has 4 nitrogen and oxygen atoms in total. The number of hydrogen-bond acceptors (Lipinski definition) is 3. The average Bonchev–Trinajstić information content (AvgIpc) is 3.03. The van der Waals surface area contributed by atoms with Gasteiger partial charge in [-0.15, -0.1) is 0 Å². The van der Waals surface area contributed by atoms with Gasteiger partial charge in [0.1, 0.15) is 5.76 Å². The van der Waals surface area contributed by atoms with Crippen LogP contribution in [0.2, 0.25) is 0 Å². The molecule has 1 unspecified atom stereocenters. The van der Waals surface area contributed by atoms with Gasteiger partial charge < -0.3 is 10.0 Å². The summed E-state index contributed by atoms with van der Waals surface area (Å²) in [5.74, 6) is -1.26. The minimum absolute atomic E-state index is 0.110. The molecule has 0 radical (unpaired) electrons. The summed E-state index contributed by atoms with van der Waals surface area (Å²) >= 11 is 0. The van der Waals surface area contributed by atoms with Gasteiger partial charge in [-0.05, 0) is 35.2 Å². The molecule has 1 amide bonds. The van der Waals surface area contributed by atoms with Gasteiger partial charge in [0.25, 0.3) is 11.7 Å². The van der Waals surface area contributed by atoms with E-state index in [0.717, 1.165) is 41.2 Å². The first-order valence-electron chi connectivity index (χ1n) is 10.9. The second-order valence-electron chi connectivity index (χ2n) is 8.08. The quantitative estimate of drug-likeness (QED) is 0.242. The standard InChI is InChI=1S/C27H27NO3/c1-3-4-9-17-28-24(20-14-7-5-11-18(20)2)23(26(30)27(28)31)25(29)22-16-10-13-19-12-6-8-15-21(19)22/h5-8,10-16,24,29H,3-4,9,17H2,1-2H3/b25-23+. The molecule has 1 N–H and O–H groups in total. The van der Waals surface area contributed by atoms with Crippen molar-refractivity contribution < 1.29 is 14.7 Å². The number of fused-ring (bicyclic) bond motifs is 1. The summed E-state index contributed by atoms with van der Waals surface area (Å²) in [5, 5.41) is 13.2. The van der Waals surface area contributed by atoms with Crippen LogP contribution >= 0.6 is 0 Å². The van der Waals surface area contributed by atoms with Crippen LogP contribution in [-0.4, -0.2) is 28.2 Å². The van der Waals surface area contributed by atoms with E-state index in [2.05, 4.69) is 6.92 Å². The van der Waals surface area contributed by atoms with Gasteiger partial charge in [0.2, 0.25) is 0 Å². The molecule has 1 aliphatic rings. The van der Waals surface area contributed by atoms with E-state index in [1.165, 1.54) is 0 Å². The Bertz CT molecular complexity index is 1170. The molecule has 1 heterocycles. The summed E-state index contributed by atoms with van der Waals surface area (Å²) in [6.07, 6.45) is 2.82. The zero-order valence-electron chi connectivity index (χ0n) is 18.0. The Hall–Kier alpha value is -3.40. The van der Waals surface area contributed by atoms with Crippen molar-refractivity contribution >= 4 is 28.2 Å². The number of unbranched alkanes of at least 4 members (excludes halogenated alkanes) is 2. The molecule has 0 aliphatic carbocycles. The van der Waals surface area contributed by atoms with Crippen LogP contribution in [0.3, 0.4) is 0 Å². The number of amides is 1. The van der Waals surface area contributed by atoms with E-state index in [1.54, 1.807) is 11.0 Å². The molecule has 1 atom stereocenters. The number of carbonyl (C=O) groups excluding carboxylic acids is 2. The van der Waals surface area contributed by atoms with E-state index in [4.69, 9.17) is 0 Å². The number of ketones is 1. The molecule has 1 fully saturated rings. The molecule has 3 aromatic rings. The molecule has 158 valence electrons. The van der Waals surface area contributed by atoms with Crippen LogP contribution in [0.15, 0.2) is 72.3 Å². The van der Waals surface area contributed by atoms with E-state index in [0.29, 0.717) is 12.1 Å². The minimum Gasteiger partial charge on any atom is -0.507 e. The molecule has 0 aromatic heterocycles. The van der Waals surface area contributed by atoms with Crippen molar-refractivity contribution in [2.45, 2.75) is 39.2 Å². The Kier molecular flexibility index (Phi) is 5.90. The predicted molar refractivity (Wildman–Crippen MR) is 124 cm³/mol. The van der Waals surface area contributed by atoms with Crippen molar-refractivity contribution in [1.29, 1.82) is 0 Å². The zero-order chi connectivity index (χ0) is 22.0. The summed E-state index contributed by atoms with van der Waals surface area (Å²) in [6.45, 7) is 4.57. The molecule has 4 heteroatoms. The fraction of sp³-hybridized carbons (Fsp3) is 0.259. The number of Topliss-reactive ketones (excluding diaryl/α,β-unsaturated/α-hetero) is 1. The molecule has 1 aliphatic heterocycles. The number of aliphatic hydroxyl groups excluding tert-OH is 1. The number of benzene rings is 3. The largest absolute Gasteiger partial charge is 0.507 e. The Labute approximate surface area is 182 Å². The lowest BCUT2D eigenvalue weighted by atomic mass is 9.91. The van der Waals surface area contributed by atoms with E-state index >= 15 is 0 Å². The van der Waals surface area contributed by atoms with Crippen LogP contribution in [0, 0.1) is 6.92 Å². The summed E-state index contributed by atoms with van der Waals surface area (Å²) in [7, 11) is 0. The van der Waals surface area contributed by atoms with Crippen molar-refractivity contribution in [2.75, 3.05) is 6.54 Å². The van der Waals surface area contributed by atoms with Gasteiger partial charge in [0.15, 0.2) is 0 Å². The maximum atomic E-state index is 13.2. The Morgan fingerprint density at radius 3 is 2.42 bits per heavy atom. The van der Waals surface area contributed by atoms with Crippen molar-refractivity contribution in [3.05, 3.63) is 89.0 Å². The van der Waals surface area contributed by atoms with Gasteiger partial charge in [-0.2, -0.15) is 0 Å². The first kappa shape index (κ1) is 20.9. The Morgan fingerprint density at radius 2 is 1.65 bits per heavy atom. The van der Waals surface area contributed by atoms with Gasteiger partial charge in [-0.1, -0.05) is 86.5 Å². The molecule has 0 bridgehead atoms. The predicted octanol–water partition coefficient (Wildman–Crippen LogP) is 5.76. The lowest BCUT2D eigenvalue weighted by Crippen LogP contribution is -2.31. The average molecular weight is 414 g/mol. The molecular formula is C27H27NO3. The Balaban J connectivity index is 1.92. The molecule has 31 heavy (non-hydrogen) atoms. The van der Waals surface area contributed by atoms with Gasteiger partial charge in [0.05, 0.1) is 11.6 Å². The number of aryl methyl sites for hydroxylation is 1. The first-order valence-corrected chi connectivity index (χ1v) is 10.9. The number of rotatable bonds is 6. The van der Waals surface area contributed by atoms with Crippen LogP contribution in [-0.2, 0) is 9.59 Å². The monoisotopic (exact) mass is 413 g/mol. The van der Waals surface area contributed by atoms with E-state index < -0.39 is 17.7 Å². The number of likely N-dealkylation sites (tertiary alicyclic amines) is 1. The highest BCUT2D eigenvalue weighted by molar-refractivity contribution is 6.46. The third-order valence-electron chi connectivity index (χ3n) is 6.07. The topological polar surface area (TPSA) is 57.6 Å². The number of carbonyl (C=O) groups is 2. The van der Waals surface area contributed by atoms with E-state index in [-0.39, 0.29) is 11.3 Å². The molecule has 0 spiro atoms. The highest BCUT2D eigenvalue weighted by Gasteiger charge is 2.46. The minimum atomic E-state index is -0.616. The summed E-state index contributed by atoms with van der Waals surface area (Å²) in [4.78, 5) is 27.9. The smallest absolute Gasteiger partial charge is 0.295 e.